The lowest BCUT2D eigenvalue weighted by atomic mass is 10.2. The molecule has 98 valence electrons. The van der Waals surface area contributed by atoms with Gasteiger partial charge in [-0.3, -0.25) is 14.9 Å². The SMILES string of the molecule is CCCC(=O)COc1cc(OC)ccc1[N+](=O)[O-]. The number of carbonyl (C=O) groups is 1. The number of nitrogens with zero attached hydrogens (tertiary/aromatic N) is 1. The summed E-state index contributed by atoms with van der Waals surface area (Å²) in [6.07, 6.45) is 1.13. The van der Waals surface area contributed by atoms with Gasteiger partial charge in [0, 0.05) is 18.6 Å². The third kappa shape index (κ3) is 3.73. The highest BCUT2D eigenvalue weighted by molar-refractivity contribution is 5.80. The number of ketones is 1. The number of rotatable bonds is 7. The van der Waals surface area contributed by atoms with E-state index >= 15 is 0 Å². The van der Waals surface area contributed by atoms with Gasteiger partial charge in [-0.1, -0.05) is 6.92 Å². The zero-order valence-corrected chi connectivity index (χ0v) is 10.3. The Morgan fingerprint density at radius 3 is 2.72 bits per heavy atom. The van der Waals surface area contributed by atoms with E-state index in [4.69, 9.17) is 9.47 Å². The number of hydrogen-bond donors (Lipinski definition) is 0. The molecule has 1 rings (SSSR count). The maximum absolute atomic E-state index is 11.3. The third-order valence-corrected chi connectivity index (χ3v) is 2.28. The van der Waals surface area contributed by atoms with Crippen molar-refractivity contribution in [1.29, 1.82) is 0 Å². The molecular formula is C12H15NO5. The van der Waals surface area contributed by atoms with Crippen molar-refractivity contribution in [2.75, 3.05) is 13.7 Å². The lowest BCUT2D eigenvalue weighted by Crippen LogP contribution is -2.11. The van der Waals surface area contributed by atoms with Crippen LogP contribution in [0, 0.1) is 10.1 Å². The molecule has 0 amide bonds. The summed E-state index contributed by atoms with van der Waals surface area (Å²) in [7, 11) is 1.45. The highest BCUT2D eigenvalue weighted by atomic mass is 16.6. The summed E-state index contributed by atoms with van der Waals surface area (Å²) < 4.78 is 10.1. The summed E-state index contributed by atoms with van der Waals surface area (Å²) in [5.74, 6) is 0.400. The number of ether oxygens (including phenoxy) is 2. The molecule has 0 heterocycles. The van der Waals surface area contributed by atoms with E-state index in [-0.39, 0.29) is 23.8 Å². The molecule has 0 fully saturated rings. The van der Waals surface area contributed by atoms with E-state index in [0.717, 1.165) is 6.42 Å². The summed E-state index contributed by atoms with van der Waals surface area (Å²) in [4.78, 5) is 21.6. The van der Waals surface area contributed by atoms with Crippen molar-refractivity contribution in [2.45, 2.75) is 19.8 Å². The van der Waals surface area contributed by atoms with Crippen LogP contribution in [-0.4, -0.2) is 24.4 Å². The van der Waals surface area contributed by atoms with Crippen LogP contribution >= 0.6 is 0 Å². The normalized spacial score (nSPS) is 9.89. The van der Waals surface area contributed by atoms with Crippen LogP contribution in [0.25, 0.3) is 0 Å². The summed E-state index contributed by atoms with van der Waals surface area (Å²) >= 11 is 0. The standard InChI is InChI=1S/C12H15NO5/c1-3-4-9(14)8-18-12-7-10(17-2)5-6-11(12)13(15)16/h5-7H,3-4,8H2,1-2H3. The average Bonchev–Trinajstić information content (AvgIpc) is 2.36. The molecule has 0 saturated heterocycles. The van der Waals surface area contributed by atoms with E-state index in [2.05, 4.69) is 0 Å². The second-order valence-electron chi connectivity index (χ2n) is 3.67. The van der Waals surface area contributed by atoms with Crippen molar-refractivity contribution >= 4 is 11.5 Å². The first kappa shape index (κ1) is 14.0. The number of methoxy groups -OCH3 is 1. The Labute approximate surface area is 105 Å². The van der Waals surface area contributed by atoms with Crippen LogP contribution in [0.5, 0.6) is 11.5 Å². The topological polar surface area (TPSA) is 78.7 Å². The summed E-state index contributed by atoms with van der Waals surface area (Å²) in [6, 6.07) is 4.16. The summed E-state index contributed by atoms with van der Waals surface area (Å²) in [5, 5.41) is 10.8. The van der Waals surface area contributed by atoms with Gasteiger partial charge in [0.15, 0.2) is 5.78 Å². The fourth-order valence-electron chi connectivity index (χ4n) is 1.40. The van der Waals surface area contributed by atoms with Crippen molar-refractivity contribution in [3.63, 3.8) is 0 Å². The molecule has 0 bridgehead atoms. The van der Waals surface area contributed by atoms with E-state index in [1.54, 1.807) is 0 Å². The predicted molar refractivity (Wildman–Crippen MR) is 65.1 cm³/mol. The predicted octanol–water partition coefficient (Wildman–Crippen LogP) is 2.35. The van der Waals surface area contributed by atoms with Gasteiger partial charge in [0.1, 0.15) is 12.4 Å². The van der Waals surface area contributed by atoms with Crippen LogP contribution in [0.3, 0.4) is 0 Å². The van der Waals surface area contributed by atoms with Gasteiger partial charge in [-0.25, -0.2) is 0 Å². The van der Waals surface area contributed by atoms with E-state index in [1.165, 1.54) is 25.3 Å². The Balaban J connectivity index is 2.84. The number of nitro benzene ring substituents is 1. The van der Waals surface area contributed by atoms with Gasteiger partial charge >= 0.3 is 5.69 Å². The summed E-state index contributed by atoms with van der Waals surface area (Å²) in [6.45, 7) is 1.72. The lowest BCUT2D eigenvalue weighted by molar-refractivity contribution is -0.385. The van der Waals surface area contributed by atoms with Gasteiger partial charge < -0.3 is 9.47 Å². The molecule has 0 radical (unpaired) electrons. The number of nitro groups is 1. The first-order chi connectivity index (χ1) is 8.58. The van der Waals surface area contributed by atoms with Gasteiger partial charge in [0.2, 0.25) is 5.75 Å². The number of hydrogen-bond acceptors (Lipinski definition) is 5. The zero-order valence-electron chi connectivity index (χ0n) is 10.3. The van der Waals surface area contributed by atoms with Crippen molar-refractivity contribution < 1.29 is 19.2 Å². The lowest BCUT2D eigenvalue weighted by Gasteiger charge is -2.07. The summed E-state index contributed by atoms with van der Waals surface area (Å²) in [5.41, 5.74) is -0.180. The minimum Gasteiger partial charge on any atom is -0.497 e. The van der Waals surface area contributed by atoms with Crippen LogP contribution < -0.4 is 9.47 Å². The fourth-order valence-corrected chi connectivity index (χ4v) is 1.40. The molecule has 0 aromatic heterocycles. The Kier molecular flexibility index (Phi) is 5.10. The Morgan fingerprint density at radius 2 is 2.17 bits per heavy atom. The van der Waals surface area contributed by atoms with Crippen LogP contribution in [0.1, 0.15) is 19.8 Å². The minimum absolute atomic E-state index is 0.0452. The van der Waals surface area contributed by atoms with Crippen LogP contribution in [-0.2, 0) is 4.79 Å². The molecule has 0 aliphatic rings. The minimum atomic E-state index is -0.556. The molecule has 1 aromatic rings. The zero-order chi connectivity index (χ0) is 13.5. The molecule has 0 aliphatic heterocycles. The van der Waals surface area contributed by atoms with Crippen LogP contribution in [0.4, 0.5) is 5.69 Å². The van der Waals surface area contributed by atoms with Gasteiger partial charge in [-0.15, -0.1) is 0 Å². The fraction of sp³-hybridized carbons (Fsp3) is 0.417. The van der Waals surface area contributed by atoms with Crippen molar-refractivity contribution in [2.24, 2.45) is 0 Å². The molecule has 18 heavy (non-hydrogen) atoms. The molecule has 6 heteroatoms. The molecule has 0 spiro atoms. The second-order valence-corrected chi connectivity index (χ2v) is 3.67. The quantitative estimate of drug-likeness (QED) is 0.550. The number of benzene rings is 1. The molecule has 0 N–H and O–H groups in total. The molecule has 6 nitrogen and oxygen atoms in total. The molecule has 0 atom stereocenters. The molecular weight excluding hydrogens is 238 g/mol. The van der Waals surface area contributed by atoms with E-state index in [9.17, 15) is 14.9 Å². The Hall–Kier alpha value is -2.11. The highest BCUT2D eigenvalue weighted by Crippen LogP contribution is 2.30. The van der Waals surface area contributed by atoms with Crippen LogP contribution in [0.15, 0.2) is 18.2 Å². The first-order valence-corrected chi connectivity index (χ1v) is 5.55. The van der Waals surface area contributed by atoms with Gasteiger partial charge in [-0.2, -0.15) is 0 Å². The largest absolute Gasteiger partial charge is 0.497 e. The van der Waals surface area contributed by atoms with E-state index < -0.39 is 4.92 Å². The maximum atomic E-state index is 11.3. The third-order valence-electron chi connectivity index (χ3n) is 2.28. The maximum Gasteiger partial charge on any atom is 0.311 e. The first-order valence-electron chi connectivity index (χ1n) is 5.55. The van der Waals surface area contributed by atoms with E-state index in [0.29, 0.717) is 12.2 Å². The number of Topliss-reactive ketones (excluding diaryl/α,β-unsaturated/α-hetero) is 1. The van der Waals surface area contributed by atoms with Gasteiger partial charge in [0.05, 0.1) is 12.0 Å². The van der Waals surface area contributed by atoms with Gasteiger partial charge in [-0.05, 0) is 12.5 Å². The van der Waals surface area contributed by atoms with Gasteiger partial charge in [0.25, 0.3) is 0 Å². The second kappa shape index (κ2) is 6.58. The van der Waals surface area contributed by atoms with Crippen molar-refractivity contribution in [3.8, 4) is 11.5 Å². The van der Waals surface area contributed by atoms with Crippen molar-refractivity contribution in [3.05, 3.63) is 28.3 Å². The monoisotopic (exact) mass is 253 g/mol. The van der Waals surface area contributed by atoms with E-state index in [1.807, 2.05) is 6.92 Å². The smallest absolute Gasteiger partial charge is 0.311 e. The molecule has 0 aliphatic carbocycles. The van der Waals surface area contributed by atoms with Crippen LogP contribution in [0.2, 0.25) is 0 Å². The average molecular weight is 253 g/mol. The number of carbonyl (C=O) groups excluding carboxylic acids is 1. The Morgan fingerprint density at radius 1 is 1.44 bits per heavy atom. The molecule has 0 unspecified atom stereocenters. The highest BCUT2D eigenvalue weighted by Gasteiger charge is 2.16. The van der Waals surface area contributed by atoms with Crippen molar-refractivity contribution in [1.82, 2.24) is 0 Å². The molecule has 0 saturated carbocycles. The Bertz CT molecular complexity index is 444. The molecule has 1 aromatic carbocycles.